The molecule has 0 fully saturated rings. The summed E-state index contributed by atoms with van der Waals surface area (Å²) in [4.78, 5) is 11.0. The van der Waals surface area contributed by atoms with Gasteiger partial charge in [-0.2, -0.15) is 0 Å². The number of benzene rings is 2. The Hall–Kier alpha value is -2.07. The fraction of sp³-hybridized carbons (Fsp3) is 0. The van der Waals surface area contributed by atoms with Crippen molar-refractivity contribution in [3.05, 3.63) is 52.8 Å². The van der Waals surface area contributed by atoms with E-state index in [0.29, 0.717) is 11.1 Å². The van der Waals surface area contributed by atoms with E-state index in [9.17, 15) is 14.3 Å². The zero-order chi connectivity index (χ0) is 13.3. The van der Waals surface area contributed by atoms with Crippen molar-refractivity contribution in [3.8, 4) is 16.9 Å². The Balaban J connectivity index is 2.54. The van der Waals surface area contributed by atoms with Crippen LogP contribution in [0.4, 0.5) is 4.39 Å². The molecule has 0 aromatic heterocycles. The largest absolute Gasteiger partial charge is 0.507 e. The van der Waals surface area contributed by atoms with Gasteiger partial charge in [-0.25, -0.2) is 4.39 Å². The second-order valence-electron chi connectivity index (χ2n) is 3.69. The number of hydrogen-bond donors (Lipinski definition) is 1. The highest BCUT2D eigenvalue weighted by atomic mass is 35.5. The van der Waals surface area contributed by atoms with Crippen molar-refractivity contribution >= 4 is 17.5 Å². The van der Waals surface area contributed by atoms with Gasteiger partial charge in [-0.05, 0) is 35.4 Å². The lowest BCUT2D eigenvalue weighted by Gasteiger charge is -2.06. The van der Waals surface area contributed by atoms with E-state index in [1.165, 1.54) is 30.3 Å². The molecule has 2 aromatic carbocycles. The summed E-state index contributed by atoms with van der Waals surface area (Å²) in [6.07, 6.45) is 0. The highest BCUT2D eigenvalue weighted by molar-refractivity contribution is 6.31. The number of carbonyl (C=O) groups is 1. The molecule has 1 radical (unpaired) electrons. The fourth-order valence-electron chi connectivity index (χ4n) is 1.57. The number of nitrogens with one attached hydrogen (secondary N) is 1. The van der Waals surface area contributed by atoms with Crippen molar-refractivity contribution in [1.82, 2.24) is 5.73 Å². The highest BCUT2D eigenvalue weighted by Crippen LogP contribution is 2.28. The van der Waals surface area contributed by atoms with Crippen LogP contribution in [0.3, 0.4) is 0 Å². The van der Waals surface area contributed by atoms with Crippen LogP contribution >= 0.6 is 11.6 Å². The van der Waals surface area contributed by atoms with E-state index in [-0.39, 0.29) is 16.3 Å². The molecule has 3 nitrogen and oxygen atoms in total. The third-order valence-electron chi connectivity index (χ3n) is 2.49. The molecule has 0 heterocycles. The van der Waals surface area contributed by atoms with E-state index in [0.717, 1.165) is 0 Å². The van der Waals surface area contributed by atoms with Gasteiger partial charge in [-0.3, -0.25) is 10.5 Å². The minimum absolute atomic E-state index is 0.0284. The molecular formula is C13H8ClFNO2. The predicted octanol–water partition coefficient (Wildman–Crippen LogP) is 3.27. The zero-order valence-electron chi connectivity index (χ0n) is 9.08. The fourth-order valence-corrected chi connectivity index (χ4v) is 1.75. The minimum Gasteiger partial charge on any atom is -0.507 e. The van der Waals surface area contributed by atoms with Gasteiger partial charge in [0.2, 0.25) is 0 Å². The van der Waals surface area contributed by atoms with Crippen molar-refractivity contribution in [3.63, 3.8) is 0 Å². The molecule has 0 bridgehead atoms. The Morgan fingerprint density at radius 3 is 2.39 bits per heavy atom. The van der Waals surface area contributed by atoms with Crippen molar-refractivity contribution in [1.29, 1.82) is 0 Å². The molecule has 0 aliphatic rings. The second kappa shape index (κ2) is 4.66. The third-order valence-corrected chi connectivity index (χ3v) is 2.78. The van der Waals surface area contributed by atoms with Crippen LogP contribution in [0.25, 0.3) is 11.1 Å². The summed E-state index contributed by atoms with van der Waals surface area (Å²) in [5, 5.41) is 9.40. The van der Waals surface area contributed by atoms with Gasteiger partial charge in [-0.1, -0.05) is 23.7 Å². The van der Waals surface area contributed by atoms with Crippen LogP contribution in [0.2, 0.25) is 5.02 Å². The molecule has 2 rings (SSSR count). The van der Waals surface area contributed by atoms with E-state index < -0.39 is 11.7 Å². The van der Waals surface area contributed by atoms with Gasteiger partial charge in [0.15, 0.2) is 0 Å². The number of carbonyl (C=O) groups excluding carboxylic acids is 1. The maximum absolute atomic E-state index is 13.0. The maximum atomic E-state index is 13.0. The van der Waals surface area contributed by atoms with Crippen LogP contribution in [0.1, 0.15) is 10.4 Å². The van der Waals surface area contributed by atoms with E-state index in [1.807, 2.05) is 0 Å². The summed E-state index contributed by atoms with van der Waals surface area (Å²) in [5.41, 5.74) is 8.08. The van der Waals surface area contributed by atoms with Crippen LogP contribution in [-0.4, -0.2) is 11.0 Å². The summed E-state index contributed by atoms with van der Waals surface area (Å²) < 4.78 is 13.0. The number of hydrogen-bond acceptors (Lipinski definition) is 2. The number of amides is 1. The molecule has 5 heteroatoms. The lowest BCUT2D eigenvalue weighted by Crippen LogP contribution is -1.99. The molecule has 0 unspecified atom stereocenters. The first kappa shape index (κ1) is 12.4. The summed E-state index contributed by atoms with van der Waals surface area (Å²) in [5.74, 6) is -1.77. The number of phenolic OH excluding ortho intramolecular Hbond substituents is 1. The molecular weight excluding hydrogens is 257 g/mol. The first-order valence-corrected chi connectivity index (χ1v) is 5.41. The Morgan fingerprint density at radius 2 is 1.78 bits per heavy atom. The Labute approximate surface area is 108 Å². The van der Waals surface area contributed by atoms with E-state index in [2.05, 4.69) is 0 Å². The van der Waals surface area contributed by atoms with Crippen molar-refractivity contribution < 1.29 is 14.3 Å². The summed E-state index contributed by atoms with van der Waals surface area (Å²) in [6, 6.07) is 8.38. The summed E-state index contributed by atoms with van der Waals surface area (Å²) in [7, 11) is 0. The standard InChI is InChI=1S/C13H8ClFNO2/c14-10-6-8(1-3-11(10)15)7-2-4-12(17)9(5-7)13(16)18/h1-6,16-17H. The highest BCUT2D eigenvalue weighted by Gasteiger charge is 2.10. The number of phenols is 1. The van der Waals surface area contributed by atoms with Crippen LogP contribution in [0, 0.1) is 5.82 Å². The average molecular weight is 265 g/mol. The predicted molar refractivity (Wildman–Crippen MR) is 65.9 cm³/mol. The molecule has 0 saturated heterocycles. The smallest absolute Gasteiger partial charge is 0.273 e. The van der Waals surface area contributed by atoms with E-state index in [1.54, 1.807) is 6.07 Å². The third kappa shape index (κ3) is 2.28. The van der Waals surface area contributed by atoms with Crippen LogP contribution in [-0.2, 0) is 0 Å². The molecule has 0 saturated carbocycles. The molecule has 2 N–H and O–H groups in total. The van der Waals surface area contributed by atoms with Gasteiger partial charge >= 0.3 is 0 Å². The van der Waals surface area contributed by atoms with Crippen LogP contribution in [0.15, 0.2) is 36.4 Å². The van der Waals surface area contributed by atoms with Gasteiger partial charge in [0.05, 0.1) is 10.6 Å². The zero-order valence-corrected chi connectivity index (χ0v) is 9.83. The molecule has 1 amide bonds. The quantitative estimate of drug-likeness (QED) is 0.905. The van der Waals surface area contributed by atoms with Gasteiger partial charge < -0.3 is 5.11 Å². The molecule has 0 aliphatic carbocycles. The Bertz CT molecular complexity index is 628. The van der Waals surface area contributed by atoms with Gasteiger partial charge in [0.25, 0.3) is 5.91 Å². The van der Waals surface area contributed by atoms with Gasteiger partial charge in [0, 0.05) is 0 Å². The van der Waals surface area contributed by atoms with E-state index >= 15 is 0 Å². The summed E-state index contributed by atoms with van der Waals surface area (Å²) >= 11 is 5.67. The number of rotatable bonds is 2. The van der Waals surface area contributed by atoms with Gasteiger partial charge in [0.1, 0.15) is 11.6 Å². The lowest BCUT2D eigenvalue weighted by atomic mass is 10.0. The Kier molecular flexibility index (Phi) is 3.21. The lowest BCUT2D eigenvalue weighted by molar-refractivity contribution is 0.0989. The molecule has 18 heavy (non-hydrogen) atoms. The van der Waals surface area contributed by atoms with Gasteiger partial charge in [-0.15, -0.1) is 0 Å². The first-order chi connectivity index (χ1) is 8.49. The second-order valence-corrected chi connectivity index (χ2v) is 4.10. The van der Waals surface area contributed by atoms with E-state index in [4.69, 9.17) is 17.3 Å². The van der Waals surface area contributed by atoms with Crippen molar-refractivity contribution in [2.24, 2.45) is 0 Å². The first-order valence-electron chi connectivity index (χ1n) is 5.03. The van der Waals surface area contributed by atoms with Crippen molar-refractivity contribution in [2.45, 2.75) is 0 Å². The van der Waals surface area contributed by atoms with Crippen LogP contribution < -0.4 is 5.73 Å². The van der Waals surface area contributed by atoms with Crippen molar-refractivity contribution in [2.75, 3.05) is 0 Å². The Morgan fingerprint density at radius 1 is 1.17 bits per heavy atom. The minimum atomic E-state index is -0.984. The molecule has 2 aromatic rings. The normalized spacial score (nSPS) is 10.3. The molecule has 91 valence electrons. The molecule has 0 atom stereocenters. The molecule has 0 aliphatic heterocycles. The number of halogens is 2. The summed E-state index contributed by atoms with van der Waals surface area (Å²) in [6.45, 7) is 0. The SMILES string of the molecule is [NH]C(=O)c1cc(-c2ccc(F)c(Cl)c2)ccc1O. The topological polar surface area (TPSA) is 61.1 Å². The van der Waals surface area contributed by atoms with Crippen LogP contribution in [0.5, 0.6) is 5.75 Å². The number of aromatic hydroxyl groups is 1. The average Bonchev–Trinajstić information content (AvgIpc) is 2.33. The maximum Gasteiger partial charge on any atom is 0.273 e. The monoisotopic (exact) mass is 264 g/mol. The molecule has 0 spiro atoms.